The van der Waals surface area contributed by atoms with Crippen LogP contribution in [0, 0.1) is 0 Å². The molecule has 0 fully saturated rings. The molecule has 0 aliphatic rings. The lowest BCUT2D eigenvalue weighted by atomic mass is 10.3. The van der Waals surface area contributed by atoms with Crippen molar-refractivity contribution in [3.63, 3.8) is 0 Å². The minimum Gasteiger partial charge on any atom is -0.345 e. The van der Waals surface area contributed by atoms with Gasteiger partial charge in [0, 0.05) is 20.0 Å². The van der Waals surface area contributed by atoms with Gasteiger partial charge in [0.2, 0.25) is 5.91 Å². The number of rotatable bonds is 6. The summed E-state index contributed by atoms with van der Waals surface area (Å²) >= 11 is 0. The van der Waals surface area contributed by atoms with E-state index in [4.69, 9.17) is 0 Å². The van der Waals surface area contributed by atoms with Crippen molar-refractivity contribution in [3.8, 4) is 0 Å². The molecule has 0 aromatic rings. The molecule has 0 radical (unpaired) electrons. The normalized spacial score (nSPS) is 9.77. The molecule has 13 heavy (non-hydrogen) atoms. The fraction of sp³-hybridized carbons (Fsp3) is 0.778. The first-order valence-electron chi connectivity index (χ1n) is 4.58. The number of amides is 1. The van der Waals surface area contributed by atoms with Crippen LogP contribution in [0.2, 0.25) is 0 Å². The third kappa shape index (κ3) is 5.36. The Hall–Kier alpha value is -0.900. The van der Waals surface area contributed by atoms with E-state index >= 15 is 0 Å². The minimum atomic E-state index is 0.0198. The number of hydrogen-bond acceptors (Lipinski definition) is 3. The maximum Gasteiger partial charge on any atom is 0.236 e. The molecule has 1 amide bonds. The molecule has 0 aliphatic carbocycles. The molecule has 0 spiro atoms. The molecule has 0 atom stereocenters. The fourth-order valence-electron chi connectivity index (χ4n) is 0.745. The molecule has 76 valence electrons. The topological polar surface area (TPSA) is 49.4 Å². The van der Waals surface area contributed by atoms with Crippen molar-refractivity contribution in [2.24, 2.45) is 0 Å². The van der Waals surface area contributed by atoms with Crippen LogP contribution in [0.3, 0.4) is 0 Å². The van der Waals surface area contributed by atoms with E-state index in [9.17, 15) is 9.59 Å². The zero-order valence-corrected chi connectivity index (χ0v) is 8.59. The molecule has 0 aromatic carbocycles. The summed E-state index contributed by atoms with van der Waals surface area (Å²) in [6.45, 7) is 4.96. The van der Waals surface area contributed by atoms with Crippen molar-refractivity contribution in [2.75, 3.05) is 26.7 Å². The summed E-state index contributed by atoms with van der Waals surface area (Å²) in [5, 5.41) is 2.81. The van der Waals surface area contributed by atoms with Crippen molar-refractivity contribution in [3.05, 3.63) is 0 Å². The maximum absolute atomic E-state index is 11.2. The van der Waals surface area contributed by atoms with Gasteiger partial charge in [0.05, 0.1) is 13.1 Å². The lowest BCUT2D eigenvalue weighted by molar-refractivity contribution is -0.128. The molecule has 0 unspecified atom stereocenters. The van der Waals surface area contributed by atoms with Crippen LogP contribution in [0.25, 0.3) is 0 Å². The molecule has 0 aromatic heterocycles. The Morgan fingerprint density at radius 2 is 1.85 bits per heavy atom. The molecular formula is C9H18N2O2. The summed E-state index contributed by atoms with van der Waals surface area (Å²) < 4.78 is 0. The van der Waals surface area contributed by atoms with Crippen LogP contribution < -0.4 is 5.32 Å². The molecular weight excluding hydrogens is 168 g/mol. The number of carbonyl (C=O) groups excluding carboxylic acids is 2. The summed E-state index contributed by atoms with van der Waals surface area (Å²) in [4.78, 5) is 23.7. The molecule has 4 nitrogen and oxygen atoms in total. The second-order valence-electron chi connectivity index (χ2n) is 2.90. The number of likely N-dealkylation sites (N-methyl/N-ethyl adjacent to an activating group) is 1. The summed E-state index contributed by atoms with van der Waals surface area (Å²) in [7, 11) is 1.74. The van der Waals surface area contributed by atoms with Crippen LogP contribution in [0.5, 0.6) is 0 Å². The average Bonchev–Trinajstić information content (AvgIpc) is 2.15. The van der Waals surface area contributed by atoms with Gasteiger partial charge in [0.25, 0.3) is 0 Å². The minimum absolute atomic E-state index is 0.0198. The molecule has 0 rings (SSSR count). The lowest BCUT2D eigenvalue weighted by Crippen LogP contribution is -2.37. The highest BCUT2D eigenvalue weighted by atomic mass is 16.2. The van der Waals surface area contributed by atoms with E-state index in [1.54, 1.807) is 11.9 Å². The van der Waals surface area contributed by atoms with Gasteiger partial charge in [-0.25, -0.2) is 0 Å². The number of ketones is 1. The van der Waals surface area contributed by atoms with Crippen molar-refractivity contribution < 1.29 is 9.59 Å². The largest absolute Gasteiger partial charge is 0.345 e. The Morgan fingerprint density at radius 3 is 2.31 bits per heavy atom. The van der Waals surface area contributed by atoms with E-state index < -0.39 is 0 Å². The Balaban J connectivity index is 3.53. The molecule has 0 aliphatic heterocycles. The van der Waals surface area contributed by atoms with Gasteiger partial charge in [0.15, 0.2) is 0 Å². The van der Waals surface area contributed by atoms with Gasteiger partial charge in [-0.3, -0.25) is 9.59 Å². The van der Waals surface area contributed by atoms with E-state index in [-0.39, 0.29) is 18.2 Å². The van der Waals surface area contributed by atoms with E-state index in [0.29, 0.717) is 19.5 Å². The van der Waals surface area contributed by atoms with Gasteiger partial charge in [0.1, 0.15) is 5.78 Å². The molecule has 0 saturated carbocycles. The molecule has 0 saturated heterocycles. The standard InChI is InChI=1S/C9H18N2O2/c1-4-8(12)6-10-7-9(13)11(3)5-2/h10H,4-7H2,1-3H3. The van der Waals surface area contributed by atoms with Crippen LogP contribution in [0.4, 0.5) is 0 Å². The average molecular weight is 186 g/mol. The van der Waals surface area contributed by atoms with Crippen molar-refractivity contribution in [2.45, 2.75) is 20.3 Å². The van der Waals surface area contributed by atoms with Gasteiger partial charge >= 0.3 is 0 Å². The maximum atomic E-state index is 11.2. The highest BCUT2D eigenvalue weighted by molar-refractivity contribution is 5.82. The van der Waals surface area contributed by atoms with Gasteiger partial charge in [-0.2, -0.15) is 0 Å². The van der Waals surface area contributed by atoms with Gasteiger partial charge in [-0.15, -0.1) is 0 Å². The third-order valence-corrected chi connectivity index (χ3v) is 1.89. The third-order valence-electron chi connectivity index (χ3n) is 1.89. The first-order chi connectivity index (χ1) is 6.11. The second-order valence-corrected chi connectivity index (χ2v) is 2.90. The van der Waals surface area contributed by atoms with Crippen molar-refractivity contribution >= 4 is 11.7 Å². The monoisotopic (exact) mass is 186 g/mol. The lowest BCUT2D eigenvalue weighted by Gasteiger charge is -2.14. The predicted octanol–water partition coefficient (Wildman–Crippen LogP) is 0.0334. The number of carbonyl (C=O) groups is 2. The number of hydrogen-bond donors (Lipinski definition) is 1. The number of nitrogens with one attached hydrogen (secondary N) is 1. The van der Waals surface area contributed by atoms with E-state index in [1.807, 2.05) is 13.8 Å². The number of Topliss-reactive ketones (excluding diaryl/α,β-unsaturated/α-hetero) is 1. The Morgan fingerprint density at radius 1 is 1.23 bits per heavy atom. The Bertz CT molecular complexity index is 180. The first kappa shape index (κ1) is 12.1. The van der Waals surface area contributed by atoms with Crippen LogP contribution in [-0.2, 0) is 9.59 Å². The highest BCUT2D eigenvalue weighted by Gasteiger charge is 2.05. The first-order valence-corrected chi connectivity index (χ1v) is 4.58. The molecule has 0 heterocycles. The van der Waals surface area contributed by atoms with Crippen molar-refractivity contribution in [1.29, 1.82) is 0 Å². The molecule has 1 N–H and O–H groups in total. The smallest absolute Gasteiger partial charge is 0.236 e. The zero-order valence-electron chi connectivity index (χ0n) is 8.59. The van der Waals surface area contributed by atoms with Crippen LogP contribution in [0.15, 0.2) is 0 Å². The Labute approximate surface area is 79.3 Å². The van der Waals surface area contributed by atoms with Gasteiger partial charge in [-0.1, -0.05) is 6.92 Å². The summed E-state index contributed by atoms with van der Waals surface area (Å²) in [5.41, 5.74) is 0. The number of nitrogens with zero attached hydrogens (tertiary/aromatic N) is 1. The van der Waals surface area contributed by atoms with Crippen LogP contribution in [-0.4, -0.2) is 43.3 Å². The van der Waals surface area contributed by atoms with E-state index in [0.717, 1.165) is 0 Å². The van der Waals surface area contributed by atoms with Crippen LogP contribution in [0.1, 0.15) is 20.3 Å². The quantitative estimate of drug-likeness (QED) is 0.637. The van der Waals surface area contributed by atoms with Crippen molar-refractivity contribution in [1.82, 2.24) is 10.2 Å². The zero-order chi connectivity index (χ0) is 10.3. The van der Waals surface area contributed by atoms with E-state index in [2.05, 4.69) is 5.32 Å². The SMILES string of the molecule is CCC(=O)CNCC(=O)N(C)CC. The molecule has 4 heteroatoms. The highest BCUT2D eigenvalue weighted by Crippen LogP contribution is 1.82. The molecule has 0 bridgehead atoms. The Kier molecular flexibility index (Phi) is 6.14. The van der Waals surface area contributed by atoms with Crippen LogP contribution >= 0.6 is 0 Å². The summed E-state index contributed by atoms with van der Waals surface area (Å²) in [6, 6.07) is 0. The summed E-state index contributed by atoms with van der Waals surface area (Å²) in [5.74, 6) is 0.151. The summed E-state index contributed by atoms with van der Waals surface area (Å²) in [6.07, 6.45) is 0.519. The fourth-order valence-corrected chi connectivity index (χ4v) is 0.745. The predicted molar refractivity (Wildman–Crippen MR) is 51.5 cm³/mol. The second kappa shape index (κ2) is 6.60. The van der Waals surface area contributed by atoms with Gasteiger partial charge < -0.3 is 10.2 Å². The van der Waals surface area contributed by atoms with Gasteiger partial charge in [-0.05, 0) is 6.92 Å². The van der Waals surface area contributed by atoms with E-state index in [1.165, 1.54) is 0 Å².